The van der Waals surface area contributed by atoms with Crippen LogP contribution in [-0.4, -0.2) is 49.7 Å². The number of likely N-dealkylation sites (tertiary alicyclic amines) is 1. The highest BCUT2D eigenvalue weighted by Gasteiger charge is 2.28. The molecular weight excluding hydrogens is 288 g/mol. The number of hydrogen-bond acceptors (Lipinski definition) is 3. The molecule has 1 aliphatic heterocycles. The predicted octanol–water partition coefficient (Wildman–Crippen LogP) is 1.71. The number of piperidine rings is 1. The highest BCUT2D eigenvalue weighted by molar-refractivity contribution is 7.89. The van der Waals surface area contributed by atoms with E-state index in [0.717, 1.165) is 30.1 Å². The number of rotatable bonds is 4. The van der Waals surface area contributed by atoms with E-state index in [2.05, 4.69) is 0 Å². The van der Waals surface area contributed by atoms with Crippen molar-refractivity contribution in [1.82, 2.24) is 9.21 Å². The van der Waals surface area contributed by atoms with Crippen molar-refractivity contribution in [3.8, 4) is 0 Å². The average molecular weight is 310 g/mol. The van der Waals surface area contributed by atoms with E-state index in [1.165, 1.54) is 7.05 Å². The molecule has 1 heterocycles. The zero-order chi connectivity index (χ0) is 15.5. The fraction of sp³-hybridized carbons (Fsp3) is 0.533. The second-order valence-electron chi connectivity index (χ2n) is 5.51. The fourth-order valence-electron chi connectivity index (χ4n) is 2.61. The number of likely N-dealkylation sites (N-methyl/N-ethyl adjacent to an activating group) is 1. The molecule has 0 aromatic heterocycles. The highest BCUT2D eigenvalue weighted by Crippen LogP contribution is 2.18. The van der Waals surface area contributed by atoms with E-state index in [-0.39, 0.29) is 23.4 Å². The maximum absolute atomic E-state index is 12.4. The quantitative estimate of drug-likeness (QED) is 0.850. The first-order valence-electron chi connectivity index (χ1n) is 7.24. The Morgan fingerprint density at radius 3 is 2.57 bits per heavy atom. The molecule has 0 saturated carbocycles. The van der Waals surface area contributed by atoms with Crippen molar-refractivity contribution in [2.45, 2.75) is 37.1 Å². The number of carbonyl (C=O) groups is 1. The molecule has 1 aliphatic rings. The van der Waals surface area contributed by atoms with E-state index in [4.69, 9.17) is 0 Å². The van der Waals surface area contributed by atoms with Crippen molar-refractivity contribution in [2.24, 2.45) is 0 Å². The van der Waals surface area contributed by atoms with E-state index in [1.807, 2.05) is 6.92 Å². The largest absolute Gasteiger partial charge is 0.339 e. The molecule has 0 radical (unpaired) electrons. The standard InChI is InChI=1S/C15H22N2O3S/c1-13-8-6-7-11-17(13)15(18)12-16(2)21(19,20)14-9-4-3-5-10-14/h3-5,9-10,13H,6-8,11-12H2,1-2H3. The zero-order valence-electron chi connectivity index (χ0n) is 12.5. The summed E-state index contributed by atoms with van der Waals surface area (Å²) < 4.78 is 25.9. The van der Waals surface area contributed by atoms with E-state index in [0.29, 0.717) is 0 Å². The van der Waals surface area contributed by atoms with Crippen LogP contribution in [0, 0.1) is 0 Å². The molecule has 1 amide bonds. The first kappa shape index (κ1) is 16.0. The second-order valence-corrected chi connectivity index (χ2v) is 7.55. The Hall–Kier alpha value is -1.40. The van der Waals surface area contributed by atoms with Gasteiger partial charge in [-0.3, -0.25) is 4.79 Å². The number of nitrogens with zero attached hydrogens (tertiary/aromatic N) is 2. The van der Waals surface area contributed by atoms with Crippen LogP contribution in [-0.2, 0) is 14.8 Å². The van der Waals surface area contributed by atoms with Gasteiger partial charge >= 0.3 is 0 Å². The van der Waals surface area contributed by atoms with E-state index in [9.17, 15) is 13.2 Å². The van der Waals surface area contributed by atoms with E-state index >= 15 is 0 Å². The van der Waals surface area contributed by atoms with Gasteiger partial charge in [0.2, 0.25) is 15.9 Å². The Morgan fingerprint density at radius 2 is 1.95 bits per heavy atom. The molecule has 5 nitrogen and oxygen atoms in total. The minimum absolute atomic E-state index is 0.110. The summed E-state index contributed by atoms with van der Waals surface area (Å²) in [6.45, 7) is 2.63. The van der Waals surface area contributed by atoms with Crippen LogP contribution in [0.15, 0.2) is 35.2 Å². The van der Waals surface area contributed by atoms with Crippen LogP contribution in [0.3, 0.4) is 0 Å². The Balaban J connectivity index is 2.07. The lowest BCUT2D eigenvalue weighted by Crippen LogP contribution is -2.47. The van der Waals surface area contributed by atoms with Gasteiger partial charge in [0.15, 0.2) is 0 Å². The Bertz CT molecular complexity index is 586. The monoisotopic (exact) mass is 310 g/mol. The lowest BCUT2D eigenvalue weighted by atomic mass is 10.0. The van der Waals surface area contributed by atoms with Gasteiger partial charge in [-0.1, -0.05) is 18.2 Å². The smallest absolute Gasteiger partial charge is 0.243 e. The lowest BCUT2D eigenvalue weighted by Gasteiger charge is -2.34. The van der Waals surface area contributed by atoms with Gasteiger partial charge in [-0.05, 0) is 38.3 Å². The summed E-state index contributed by atoms with van der Waals surface area (Å²) in [5.41, 5.74) is 0. The minimum atomic E-state index is -3.60. The van der Waals surface area contributed by atoms with Crippen molar-refractivity contribution in [3.05, 3.63) is 30.3 Å². The van der Waals surface area contributed by atoms with Gasteiger partial charge in [0, 0.05) is 19.6 Å². The zero-order valence-corrected chi connectivity index (χ0v) is 13.3. The van der Waals surface area contributed by atoms with Crippen LogP contribution >= 0.6 is 0 Å². The summed E-state index contributed by atoms with van der Waals surface area (Å²) in [4.78, 5) is 14.3. The third-order valence-electron chi connectivity index (χ3n) is 3.93. The maximum atomic E-state index is 12.4. The number of carbonyl (C=O) groups excluding carboxylic acids is 1. The van der Waals surface area contributed by atoms with Gasteiger partial charge in [-0.15, -0.1) is 0 Å². The van der Waals surface area contributed by atoms with Gasteiger partial charge < -0.3 is 4.90 Å². The van der Waals surface area contributed by atoms with Crippen molar-refractivity contribution in [1.29, 1.82) is 0 Å². The molecule has 1 saturated heterocycles. The van der Waals surface area contributed by atoms with Crippen LogP contribution in [0.2, 0.25) is 0 Å². The summed E-state index contributed by atoms with van der Waals surface area (Å²) in [5.74, 6) is -0.121. The summed E-state index contributed by atoms with van der Waals surface area (Å²) in [5, 5.41) is 0. The normalized spacial score (nSPS) is 19.8. The molecular formula is C15H22N2O3S. The van der Waals surface area contributed by atoms with Crippen molar-refractivity contribution >= 4 is 15.9 Å². The van der Waals surface area contributed by atoms with Gasteiger partial charge in [0.1, 0.15) is 0 Å². The number of hydrogen-bond donors (Lipinski definition) is 0. The van der Waals surface area contributed by atoms with Gasteiger partial charge in [-0.2, -0.15) is 4.31 Å². The van der Waals surface area contributed by atoms with Crippen molar-refractivity contribution in [2.75, 3.05) is 20.1 Å². The van der Waals surface area contributed by atoms with Gasteiger partial charge in [-0.25, -0.2) is 8.42 Å². The predicted molar refractivity (Wildman–Crippen MR) is 81.3 cm³/mol. The highest BCUT2D eigenvalue weighted by atomic mass is 32.2. The number of sulfonamides is 1. The van der Waals surface area contributed by atoms with Gasteiger partial charge in [0.05, 0.1) is 11.4 Å². The van der Waals surface area contributed by atoms with E-state index in [1.54, 1.807) is 35.2 Å². The van der Waals surface area contributed by atoms with Crippen LogP contribution in [0.4, 0.5) is 0 Å². The van der Waals surface area contributed by atoms with Gasteiger partial charge in [0.25, 0.3) is 0 Å². The summed E-state index contributed by atoms with van der Waals surface area (Å²) in [6.07, 6.45) is 3.11. The lowest BCUT2D eigenvalue weighted by molar-refractivity contribution is -0.134. The molecule has 116 valence electrons. The molecule has 1 atom stereocenters. The number of amides is 1. The average Bonchev–Trinajstić information content (AvgIpc) is 2.48. The van der Waals surface area contributed by atoms with E-state index < -0.39 is 10.0 Å². The van der Waals surface area contributed by atoms with Crippen molar-refractivity contribution in [3.63, 3.8) is 0 Å². The van der Waals surface area contributed by atoms with Crippen LogP contribution < -0.4 is 0 Å². The Kier molecular flexibility index (Phi) is 5.00. The molecule has 6 heteroatoms. The fourth-order valence-corrected chi connectivity index (χ4v) is 3.75. The SMILES string of the molecule is CC1CCCCN1C(=O)CN(C)S(=O)(=O)c1ccccc1. The number of benzene rings is 1. The Morgan fingerprint density at radius 1 is 1.29 bits per heavy atom. The molecule has 0 N–H and O–H groups in total. The summed E-state index contributed by atoms with van der Waals surface area (Å²) in [7, 11) is -2.15. The second kappa shape index (κ2) is 6.58. The molecule has 0 aliphatic carbocycles. The summed E-state index contributed by atoms with van der Waals surface area (Å²) >= 11 is 0. The van der Waals surface area contributed by atoms with Crippen molar-refractivity contribution < 1.29 is 13.2 Å². The molecule has 1 unspecified atom stereocenters. The molecule has 21 heavy (non-hydrogen) atoms. The molecule has 1 aromatic carbocycles. The Labute approximate surface area is 126 Å². The third-order valence-corrected chi connectivity index (χ3v) is 5.75. The first-order valence-corrected chi connectivity index (χ1v) is 8.68. The van der Waals surface area contributed by atoms with Crippen LogP contribution in [0.5, 0.6) is 0 Å². The first-order chi connectivity index (χ1) is 9.93. The minimum Gasteiger partial charge on any atom is -0.339 e. The van der Waals surface area contributed by atoms with Crippen LogP contribution in [0.25, 0.3) is 0 Å². The topological polar surface area (TPSA) is 57.7 Å². The third kappa shape index (κ3) is 3.63. The maximum Gasteiger partial charge on any atom is 0.243 e. The summed E-state index contributed by atoms with van der Waals surface area (Å²) in [6, 6.07) is 8.39. The molecule has 0 bridgehead atoms. The van der Waals surface area contributed by atoms with Crippen LogP contribution in [0.1, 0.15) is 26.2 Å². The molecule has 1 fully saturated rings. The molecule has 2 rings (SSSR count). The molecule has 1 aromatic rings. The molecule has 0 spiro atoms.